The number of imidazole rings is 1. The second-order valence-electron chi connectivity index (χ2n) is 6.55. The number of rotatable bonds is 4. The van der Waals surface area contributed by atoms with Gasteiger partial charge in [0.25, 0.3) is 0 Å². The average molecular weight is 348 g/mol. The normalized spacial score (nSPS) is 18.2. The Kier molecular flexibility index (Phi) is 4.21. The minimum atomic E-state index is -0.359. The average Bonchev–Trinajstić information content (AvgIpc) is 3.29. The van der Waals surface area contributed by atoms with Gasteiger partial charge in [-0.15, -0.1) is 0 Å². The van der Waals surface area contributed by atoms with E-state index in [4.69, 9.17) is 9.47 Å². The van der Waals surface area contributed by atoms with Gasteiger partial charge in [-0.1, -0.05) is 31.2 Å². The highest BCUT2D eigenvalue weighted by Gasteiger charge is 2.31. The summed E-state index contributed by atoms with van der Waals surface area (Å²) in [5.74, 6) is 0.572. The van der Waals surface area contributed by atoms with E-state index < -0.39 is 0 Å². The van der Waals surface area contributed by atoms with Crippen LogP contribution in [0.1, 0.15) is 41.3 Å². The zero-order valence-corrected chi connectivity index (χ0v) is 14.8. The van der Waals surface area contributed by atoms with Crippen molar-refractivity contribution in [2.24, 2.45) is 0 Å². The molecule has 0 aliphatic carbocycles. The number of esters is 1. The predicted octanol–water partition coefficient (Wildman–Crippen LogP) is 4.11. The number of carbonyl (C=O) groups is 1. The summed E-state index contributed by atoms with van der Waals surface area (Å²) in [5.41, 5.74) is 3.50. The number of nitrogens with zero attached hydrogens (tertiary/aromatic N) is 2. The van der Waals surface area contributed by atoms with Crippen molar-refractivity contribution in [2.45, 2.75) is 32.5 Å². The number of carbonyl (C=O) groups excluding carboxylic acids is 1. The smallest absolute Gasteiger partial charge is 0.342 e. The molecule has 2 aromatic carbocycles. The number of para-hydroxylation sites is 1. The van der Waals surface area contributed by atoms with E-state index in [1.165, 1.54) is 0 Å². The molecule has 0 saturated heterocycles. The van der Waals surface area contributed by atoms with Crippen LogP contribution in [0.15, 0.2) is 61.2 Å². The maximum atomic E-state index is 12.5. The lowest BCUT2D eigenvalue weighted by Gasteiger charge is -2.10. The van der Waals surface area contributed by atoms with Crippen molar-refractivity contribution in [3.63, 3.8) is 0 Å². The zero-order chi connectivity index (χ0) is 18.1. The number of fused-ring (bicyclic) bond motifs is 1. The molecule has 3 aromatic rings. The SMILES string of the molecule is CC1Oc2c(C(=O)OCc3ccc(-n4ccnc4)cc3)cccc2C1C. The van der Waals surface area contributed by atoms with Crippen LogP contribution >= 0.6 is 0 Å². The van der Waals surface area contributed by atoms with Gasteiger partial charge in [-0.05, 0) is 30.7 Å². The molecule has 132 valence electrons. The van der Waals surface area contributed by atoms with Crippen molar-refractivity contribution in [3.05, 3.63) is 77.9 Å². The molecule has 2 heterocycles. The first-order chi connectivity index (χ1) is 12.6. The molecule has 0 radical (unpaired) electrons. The van der Waals surface area contributed by atoms with Crippen LogP contribution in [0.3, 0.4) is 0 Å². The van der Waals surface area contributed by atoms with Gasteiger partial charge in [0.05, 0.1) is 6.33 Å². The Morgan fingerprint density at radius 3 is 2.73 bits per heavy atom. The van der Waals surface area contributed by atoms with Crippen LogP contribution in [0.25, 0.3) is 5.69 Å². The summed E-state index contributed by atoms with van der Waals surface area (Å²) in [7, 11) is 0. The summed E-state index contributed by atoms with van der Waals surface area (Å²) < 4.78 is 13.3. The van der Waals surface area contributed by atoms with Gasteiger partial charge in [0, 0.05) is 29.6 Å². The molecule has 0 N–H and O–H groups in total. The minimum absolute atomic E-state index is 0.0645. The molecule has 0 spiro atoms. The van der Waals surface area contributed by atoms with Gasteiger partial charge in [0.15, 0.2) is 0 Å². The zero-order valence-electron chi connectivity index (χ0n) is 14.8. The molecule has 5 heteroatoms. The lowest BCUT2D eigenvalue weighted by molar-refractivity contribution is 0.0467. The minimum Gasteiger partial charge on any atom is -0.489 e. The van der Waals surface area contributed by atoms with Gasteiger partial charge in [-0.3, -0.25) is 0 Å². The maximum absolute atomic E-state index is 12.5. The molecule has 1 aromatic heterocycles. The maximum Gasteiger partial charge on any atom is 0.342 e. The Morgan fingerprint density at radius 1 is 1.19 bits per heavy atom. The third-order valence-corrected chi connectivity index (χ3v) is 4.87. The molecule has 0 bridgehead atoms. The van der Waals surface area contributed by atoms with E-state index in [0.29, 0.717) is 11.3 Å². The monoisotopic (exact) mass is 348 g/mol. The highest BCUT2D eigenvalue weighted by atomic mass is 16.5. The van der Waals surface area contributed by atoms with Crippen molar-refractivity contribution >= 4 is 5.97 Å². The van der Waals surface area contributed by atoms with Gasteiger partial charge in [0.2, 0.25) is 0 Å². The Bertz CT molecular complexity index is 917. The Morgan fingerprint density at radius 2 is 2.00 bits per heavy atom. The topological polar surface area (TPSA) is 53.4 Å². The molecule has 2 unspecified atom stereocenters. The second kappa shape index (κ2) is 6.67. The lowest BCUT2D eigenvalue weighted by atomic mass is 9.97. The summed E-state index contributed by atoms with van der Waals surface area (Å²) in [6, 6.07) is 13.5. The fourth-order valence-corrected chi connectivity index (χ4v) is 3.15. The molecule has 1 aliphatic heterocycles. The molecule has 5 nitrogen and oxygen atoms in total. The first-order valence-corrected chi connectivity index (χ1v) is 8.67. The Hall–Kier alpha value is -3.08. The largest absolute Gasteiger partial charge is 0.489 e. The van der Waals surface area contributed by atoms with Gasteiger partial charge in [-0.2, -0.15) is 0 Å². The van der Waals surface area contributed by atoms with Crippen LogP contribution < -0.4 is 4.74 Å². The van der Waals surface area contributed by atoms with Crippen LogP contribution in [-0.2, 0) is 11.3 Å². The molecule has 1 aliphatic rings. The van der Waals surface area contributed by atoms with Gasteiger partial charge in [0.1, 0.15) is 24.0 Å². The van der Waals surface area contributed by atoms with Crippen molar-refractivity contribution < 1.29 is 14.3 Å². The van der Waals surface area contributed by atoms with Crippen LogP contribution in [0, 0.1) is 0 Å². The van der Waals surface area contributed by atoms with Crippen molar-refractivity contribution in [1.29, 1.82) is 0 Å². The molecular weight excluding hydrogens is 328 g/mol. The highest BCUT2D eigenvalue weighted by molar-refractivity contribution is 5.93. The fourth-order valence-electron chi connectivity index (χ4n) is 3.15. The standard InChI is InChI=1S/C21H20N2O3/c1-14-15(2)26-20-18(14)4-3-5-19(20)21(24)25-12-16-6-8-17(9-7-16)23-11-10-22-13-23/h3-11,13-15H,12H2,1-2H3. The van der Waals surface area contributed by atoms with Crippen molar-refractivity contribution in [2.75, 3.05) is 0 Å². The van der Waals surface area contributed by atoms with Gasteiger partial charge < -0.3 is 14.0 Å². The predicted molar refractivity (Wildman–Crippen MR) is 97.6 cm³/mol. The van der Waals surface area contributed by atoms with Crippen molar-refractivity contribution in [1.82, 2.24) is 9.55 Å². The second-order valence-corrected chi connectivity index (χ2v) is 6.55. The third-order valence-electron chi connectivity index (χ3n) is 4.87. The summed E-state index contributed by atoms with van der Waals surface area (Å²) in [4.78, 5) is 16.6. The fraction of sp³-hybridized carbons (Fsp3) is 0.238. The summed E-state index contributed by atoms with van der Waals surface area (Å²) in [5, 5.41) is 0. The molecular formula is C21H20N2O3. The molecule has 0 saturated carbocycles. The molecule has 4 rings (SSSR count). The van der Waals surface area contributed by atoms with Crippen LogP contribution in [0.2, 0.25) is 0 Å². The van der Waals surface area contributed by atoms with E-state index in [1.54, 1.807) is 18.6 Å². The molecule has 0 fully saturated rings. The number of hydrogen-bond acceptors (Lipinski definition) is 4. The quantitative estimate of drug-likeness (QED) is 0.666. The van der Waals surface area contributed by atoms with Crippen LogP contribution in [0.4, 0.5) is 0 Å². The molecule has 0 amide bonds. The number of aromatic nitrogens is 2. The first kappa shape index (κ1) is 16.4. The van der Waals surface area contributed by atoms with Crippen LogP contribution in [0.5, 0.6) is 5.75 Å². The van der Waals surface area contributed by atoms with E-state index in [0.717, 1.165) is 16.8 Å². The Labute approximate surface area is 152 Å². The third kappa shape index (κ3) is 2.96. The molecule has 2 atom stereocenters. The number of benzene rings is 2. The van der Waals surface area contributed by atoms with Gasteiger partial charge >= 0.3 is 5.97 Å². The number of ether oxygens (including phenoxy) is 2. The number of hydrogen-bond donors (Lipinski definition) is 0. The van der Waals surface area contributed by atoms with E-state index in [9.17, 15) is 4.79 Å². The highest BCUT2D eigenvalue weighted by Crippen LogP contribution is 2.40. The summed E-state index contributed by atoms with van der Waals surface area (Å²) in [6.07, 6.45) is 5.42. The van der Waals surface area contributed by atoms with E-state index in [-0.39, 0.29) is 24.6 Å². The van der Waals surface area contributed by atoms with Crippen LogP contribution in [-0.4, -0.2) is 21.6 Å². The van der Waals surface area contributed by atoms with E-state index in [1.807, 2.05) is 54.1 Å². The van der Waals surface area contributed by atoms with E-state index in [2.05, 4.69) is 11.9 Å². The van der Waals surface area contributed by atoms with E-state index >= 15 is 0 Å². The first-order valence-electron chi connectivity index (χ1n) is 8.67. The Balaban J connectivity index is 1.45. The lowest BCUT2D eigenvalue weighted by Crippen LogP contribution is -2.11. The molecule has 26 heavy (non-hydrogen) atoms. The van der Waals surface area contributed by atoms with Crippen molar-refractivity contribution in [3.8, 4) is 11.4 Å². The van der Waals surface area contributed by atoms with Gasteiger partial charge in [-0.25, -0.2) is 9.78 Å². The summed E-state index contributed by atoms with van der Waals surface area (Å²) >= 11 is 0. The summed E-state index contributed by atoms with van der Waals surface area (Å²) in [6.45, 7) is 4.34.